The summed E-state index contributed by atoms with van der Waals surface area (Å²) in [4.78, 5) is 15.6. The lowest BCUT2D eigenvalue weighted by molar-refractivity contribution is 1.24. The van der Waals surface area contributed by atoms with Crippen LogP contribution >= 0.6 is 11.6 Å². The highest BCUT2D eigenvalue weighted by atomic mass is 35.5. The average Bonchev–Trinajstić information content (AvgIpc) is 2.71. The first-order valence-corrected chi connectivity index (χ1v) is 8.75. The summed E-state index contributed by atoms with van der Waals surface area (Å²) < 4.78 is 0. The number of aromatic nitrogens is 1. The van der Waals surface area contributed by atoms with Gasteiger partial charge in [0.15, 0.2) is 0 Å². The maximum Gasteiger partial charge on any atom is 0.267 e. The number of pyridine rings is 1. The van der Waals surface area contributed by atoms with E-state index < -0.39 is 0 Å². The Bertz CT molecular complexity index is 1090. The lowest BCUT2D eigenvalue weighted by atomic mass is 9.91. The monoisotopic (exact) mass is 357 g/mol. The number of hydrogen-bond donors (Lipinski definition) is 1. The van der Waals surface area contributed by atoms with Crippen molar-refractivity contribution in [3.05, 3.63) is 106 Å². The normalized spacial score (nSPS) is 10.7. The minimum absolute atomic E-state index is 0.203. The molecule has 0 unspecified atom stereocenters. The Balaban J connectivity index is 2.14. The van der Waals surface area contributed by atoms with E-state index in [0.29, 0.717) is 0 Å². The summed E-state index contributed by atoms with van der Waals surface area (Å²) in [5.41, 5.74) is 5.02. The number of halogens is 1. The lowest BCUT2D eigenvalue weighted by Crippen LogP contribution is -2.11. The van der Waals surface area contributed by atoms with Crippen molar-refractivity contribution in [1.29, 1.82) is 0 Å². The molecule has 0 aliphatic heterocycles. The van der Waals surface area contributed by atoms with Crippen LogP contribution in [0.25, 0.3) is 33.5 Å². The van der Waals surface area contributed by atoms with Gasteiger partial charge in [-0.05, 0) is 16.7 Å². The highest BCUT2D eigenvalue weighted by molar-refractivity contribution is 6.34. The molecule has 0 amide bonds. The Morgan fingerprint density at radius 2 is 1.00 bits per heavy atom. The molecule has 0 spiro atoms. The maximum absolute atomic E-state index is 12.6. The number of nitrogens with one attached hydrogen (secondary N) is 1. The van der Waals surface area contributed by atoms with Gasteiger partial charge in [-0.2, -0.15) is 0 Å². The van der Waals surface area contributed by atoms with Gasteiger partial charge >= 0.3 is 0 Å². The van der Waals surface area contributed by atoms with E-state index in [1.807, 2.05) is 91.0 Å². The van der Waals surface area contributed by atoms with E-state index in [9.17, 15) is 4.79 Å². The predicted octanol–water partition coefficient (Wildman–Crippen LogP) is 6.03. The summed E-state index contributed by atoms with van der Waals surface area (Å²) in [6.07, 6.45) is 0. The average molecular weight is 358 g/mol. The zero-order valence-corrected chi connectivity index (χ0v) is 14.7. The Morgan fingerprint density at radius 1 is 0.577 bits per heavy atom. The minimum Gasteiger partial charge on any atom is -0.320 e. The fourth-order valence-corrected chi connectivity index (χ4v) is 3.42. The second-order valence-electron chi connectivity index (χ2n) is 5.99. The Labute approximate surface area is 156 Å². The molecular weight excluding hydrogens is 342 g/mol. The number of rotatable bonds is 3. The van der Waals surface area contributed by atoms with Crippen LogP contribution in [0.2, 0.25) is 5.02 Å². The van der Waals surface area contributed by atoms with Gasteiger partial charge in [0.2, 0.25) is 0 Å². The number of hydrogen-bond acceptors (Lipinski definition) is 1. The van der Waals surface area contributed by atoms with Crippen molar-refractivity contribution in [1.82, 2.24) is 4.98 Å². The van der Waals surface area contributed by atoms with Crippen LogP contribution in [0.3, 0.4) is 0 Å². The van der Waals surface area contributed by atoms with Gasteiger partial charge in [0, 0.05) is 11.1 Å². The fourth-order valence-electron chi connectivity index (χ4n) is 3.17. The molecule has 26 heavy (non-hydrogen) atoms. The second-order valence-corrected chi connectivity index (χ2v) is 6.37. The van der Waals surface area contributed by atoms with Gasteiger partial charge in [0.05, 0.1) is 5.69 Å². The molecular formula is C23H16ClNO. The molecule has 0 fully saturated rings. The van der Waals surface area contributed by atoms with Crippen LogP contribution < -0.4 is 5.56 Å². The molecule has 1 aromatic heterocycles. The quantitative estimate of drug-likeness (QED) is 0.477. The van der Waals surface area contributed by atoms with E-state index >= 15 is 0 Å². The van der Waals surface area contributed by atoms with Crippen molar-refractivity contribution >= 4 is 11.6 Å². The van der Waals surface area contributed by atoms with E-state index in [-0.39, 0.29) is 10.6 Å². The summed E-state index contributed by atoms with van der Waals surface area (Å²) in [6.45, 7) is 0. The van der Waals surface area contributed by atoms with Crippen molar-refractivity contribution in [2.24, 2.45) is 0 Å². The predicted molar refractivity (Wildman–Crippen MR) is 108 cm³/mol. The standard InChI is InChI=1S/C23H16ClNO/c24-21-19(16-10-4-1-5-11-16)20(17-12-6-2-7-13-17)22(25-23(21)26)18-14-8-3-9-15-18/h1-15H,(H,25,26). The van der Waals surface area contributed by atoms with Crippen molar-refractivity contribution in [3.63, 3.8) is 0 Å². The molecule has 0 radical (unpaired) electrons. The van der Waals surface area contributed by atoms with Gasteiger partial charge in [0.25, 0.3) is 5.56 Å². The molecule has 3 heteroatoms. The molecule has 0 saturated carbocycles. The van der Waals surface area contributed by atoms with Crippen LogP contribution in [0.5, 0.6) is 0 Å². The number of benzene rings is 3. The fraction of sp³-hybridized carbons (Fsp3) is 0. The first-order chi connectivity index (χ1) is 12.8. The Morgan fingerprint density at radius 3 is 1.50 bits per heavy atom. The van der Waals surface area contributed by atoms with Gasteiger partial charge in [-0.15, -0.1) is 0 Å². The van der Waals surface area contributed by atoms with Gasteiger partial charge in [0.1, 0.15) is 5.02 Å². The van der Waals surface area contributed by atoms with E-state index in [1.54, 1.807) is 0 Å². The molecule has 1 N–H and O–H groups in total. The third-order valence-electron chi connectivity index (χ3n) is 4.34. The van der Waals surface area contributed by atoms with Gasteiger partial charge in [-0.3, -0.25) is 4.79 Å². The second kappa shape index (κ2) is 7.03. The van der Waals surface area contributed by atoms with Gasteiger partial charge in [-0.25, -0.2) is 0 Å². The molecule has 1 heterocycles. The Hall–Kier alpha value is -3.10. The smallest absolute Gasteiger partial charge is 0.267 e. The molecule has 2 nitrogen and oxygen atoms in total. The van der Waals surface area contributed by atoms with E-state index in [0.717, 1.165) is 33.5 Å². The minimum atomic E-state index is -0.288. The first kappa shape index (κ1) is 16.4. The van der Waals surface area contributed by atoms with Crippen LogP contribution in [0.1, 0.15) is 0 Å². The molecule has 126 valence electrons. The zero-order chi connectivity index (χ0) is 17.9. The van der Waals surface area contributed by atoms with Crippen molar-refractivity contribution in [2.45, 2.75) is 0 Å². The molecule has 0 aliphatic carbocycles. The highest BCUT2D eigenvalue weighted by Crippen LogP contribution is 2.40. The van der Waals surface area contributed by atoms with Crippen molar-refractivity contribution in [3.8, 4) is 33.5 Å². The summed E-state index contributed by atoms with van der Waals surface area (Å²) >= 11 is 6.50. The van der Waals surface area contributed by atoms with Crippen molar-refractivity contribution in [2.75, 3.05) is 0 Å². The topological polar surface area (TPSA) is 32.9 Å². The largest absolute Gasteiger partial charge is 0.320 e. The lowest BCUT2D eigenvalue weighted by Gasteiger charge is -2.17. The summed E-state index contributed by atoms with van der Waals surface area (Å²) in [6, 6.07) is 29.6. The molecule has 0 bridgehead atoms. The molecule has 0 saturated heterocycles. The summed E-state index contributed by atoms with van der Waals surface area (Å²) in [5, 5.41) is 0.203. The molecule has 3 aromatic carbocycles. The summed E-state index contributed by atoms with van der Waals surface area (Å²) in [7, 11) is 0. The molecule has 0 aliphatic rings. The SMILES string of the molecule is O=c1[nH]c(-c2ccccc2)c(-c2ccccc2)c(-c2ccccc2)c1Cl. The maximum atomic E-state index is 12.6. The third-order valence-corrected chi connectivity index (χ3v) is 4.71. The van der Waals surface area contributed by atoms with Crippen LogP contribution in [0.4, 0.5) is 0 Å². The van der Waals surface area contributed by atoms with Crippen LogP contribution in [0.15, 0.2) is 95.8 Å². The number of H-pyrrole nitrogens is 1. The summed E-state index contributed by atoms with van der Waals surface area (Å²) in [5.74, 6) is 0. The third kappa shape index (κ3) is 2.96. The van der Waals surface area contributed by atoms with Gasteiger partial charge in [-0.1, -0.05) is 103 Å². The van der Waals surface area contributed by atoms with Crippen molar-refractivity contribution < 1.29 is 0 Å². The van der Waals surface area contributed by atoms with Crippen LogP contribution in [-0.4, -0.2) is 4.98 Å². The van der Waals surface area contributed by atoms with E-state index in [1.165, 1.54) is 0 Å². The molecule has 4 rings (SSSR count). The molecule has 4 aromatic rings. The highest BCUT2D eigenvalue weighted by Gasteiger charge is 2.20. The van der Waals surface area contributed by atoms with Crippen LogP contribution in [-0.2, 0) is 0 Å². The Kier molecular flexibility index (Phi) is 4.42. The van der Waals surface area contributed by atoms with Gasteiger partial charge < -0.3 is 4.98 Å². The van der Waals surface area contributed by atoms with E-state index in [2.05, 4.69) is 4.98 Å². The zero-order valence-electron chi connectivity index (χ0n) is 13.9. The van der Waals surface area contributed by atoms with E-state index in [4.69, 9.17) is 11.6 Å². The molecule has 0 atom stereocenters. The van der Waals surface area contributed by atoms with Crippen LogP contribution in [0, 0.1) is 0 Å². The number of aromatic amines is 1. The first-order valence-electron chi connectivity index (χ1n) is 8.38.